The summed E-state index contributed by atoms with van der Waals surface area (Å²) in [5.74, 6) is -9.82. The Morgan fingerprint density at radius 3 is 0.458 bits per heavy atom. The number of aliphatic carboxylic acids is 8. The summed E-state index contributed by atoms with van der Waals surface area (Å²) in [7, 11) is 0. The number of hydrogen-bond acceptors (Lipinski definition) is 16. The van der Waals surface area contributed by atoms with E-state index in [0.717, 1.165) is 19.6 Å². The number of carboxylic acid groups (broad SMARTS) is 8. The fourth-order valence-electron chi connectivity index (χ4n) is 2.95. The van der Waals surface area contributed by atoms with Crippen LogP contribution in [0.4, 0.5) is 0 Å². The second-order valence-corrected chi connectivity index (χ2v) is 9.15. The molecule has 0 amide bonds. The molecule has 24 heteroatoms. The van der Waals surface area contributed by atoms with E-state index in [0.29, 0.717) is 26.2 Å². The maximum Gasteiger partial charge on any atom is 0.317 e. The van der Waals surface area contributed by atoms with Crippen LogP contribution in [0, 0.1) is 0 Å². The van der Waals surface area contributed by atoms with Gasteiger partial charge in [0.2, 0.25) is 0 Å². The molecule has 0 aromatic heterocycles. The first kappa shape index (κ1) is 50.3. The number of carboxylic acids is 8. The second kappa shape index (κ2) is 32.4. The fraction of sp³-hybridized carbons (Fsp3) is 0.667. The molecule has 0 aliphatic heterocycles. The molecule has 0 fully saturated rings. The predicted molar refractivity (Wildman–Crippen MR) is 163 cm³/mol. The minimum atomic E-state index is -1.23. The quantitative estimate of drug-likeness (QED) is 0.0444. The summed E-state index contributed by atoms with van der Waals surface area (Å²) in [6.07, 6.45) is 0. The van der Waals surface area contributed by atoms with Crippen LogP contribution < -0.4 is 22.9 Å². The Labute approximate surface area is 274 Å². The molecule has 0 aliphatic carbocycles. The Kier molecular flexibility index (Phi) is 33.9. The number of carbonyl (C=O) groups is 8. The highest BCUT2D eigenvalue weighted by atomic mass is 16.4. The standard InChI is InChI=1S/2C10H16N2O8.2C2H8N2/c2*13-7(14)3-11(4-8(15)16)1-2-12(5-9(17)18)6-10(19)20;2*3-1-2-4/h2*1-6H2,(H,13,14)(H,15,16)(H,17,18)(H,19,20);2*1-4H2. The van der Waals surface area contributed by atoms with Crippen LogP contribution in [0.3, 0.4) is 0 Å². The summed E-state index contributed by atoms with van der Waals surface area (Å²) in [5, 5.41) is 68.9. The zero-order valence-electron chi connectivity index (χ0n) is 26.3. The molecule has 24 nitrogen and oxygen atoms in total. The molecular weight excluding hydrogens is 656 g/mol. The van der Waals surface area contributed by atoms with Crippen LogP contribution in [0.5, 0.6) is 0 Å². The van der Waals surface area contributed by atoms with E-state index in [4.69, 9.17) is 63.8 Å². The number of nitrogens with two attached hydrogens (primary N) is 4. The van der Waals surface area contributed by atoms with Crippen LogP contribution in [-0.4, -0.2) is 213 Å². The topological polar surface area (TPSA) is 415 Å². The molecule has 0 saturated carbocycles. The first-order valence-corrected chi connectivity index (χ1v) is 13.7. The van der Waals surface area contributed by atoms with Crippen molar-refractivity contribution in [2.24, 2.45) is 22.9 Å². The smallest absolute Gasteiger partial charge is 0.317 e. The van der Waals surface area contributed by atoms with Gasteiger partial charge in [0.1, 0.15) is 0 Å². The molecule has 0 radical (unpaired) electrons. The number of nitrogens with zero attached hydrogens (tertiary/aromatic N) is 4. The lowest BCUT2D eigenvalue weighted by atomic mass is 10.4. The van der Waals surface area contributed by atoms with E-state index < -0.39 is 100 Å². The third-order valence-corrected chi connectivity index (χ3v) is 4.67. The van der Waals surface area contributed by atoms with Gasteiger partial charge in [0, 0.05) is 52.4 Å². The molecule has 48 heavy (non-hydrogen) atoms. The Morgan fingerprint density at radius 2 is 0.396 bits per heavy atom. The SMILES string of the molecule is NCCN.NCCN.O=C(O)CN(CCN(CC(=O)O)CC(=O)O)CC(=O)O.O=C(O)CN(CCN(CC(=O)O)CC(=O)O)CC(=O)O. The molecular formula is C24H48N8O16. The summed E-state index contributed by atoms with van der Waals surface area (Å²) < 4.78 is 0. The average molecular weight is 705 g/mol. The first-order valence-electron chi connectivity index (χ1n) is 13.7. The van der Waals surface area contributed by atoms with Crippen LogP contribution in [0.2, 0.25) is 0 Å². The summed E-state index contributed by atoms with van der Waals surface area (Å²) in [5.41, 5.74) is 19.6. The largest absolute Gasteiger partial charge is 0.480 e. The molecule has 16 N–H and O–H groups in total. The molecule has 0 bridgehead atoms. The lowest BCUT2D eigenvalue weighted by Crippen LogP contribution is -2.43. The lowest BCUT2D eigenvalue weighted by Gasteiger charge is -2.23. The highest BCUT2D eigenvalue weighted by molar-refractivity contribution is 5.74. The van der Waals surface area contributed by atoms with E-state index in [2.05, 4.69) is 0 Å². The van der Waals surface area contributed by atoms with Crippen molar-refractivity contribution in [3.63, 3.8) is 0 Å². The summed E-state index contributed by atoms with van der Waals surface area (Å²) in [6, 6.07) is 0. The molecule has 0 unspecified atom stereocenters. The normalized spacial score (nSPS) is 10.2. The first-order chi connectivity index (χ1) is 22.2. The molecule has 0 aliphatic rings. The van der Waals surface area contributed by atoms with Crippen molar-refractivity contribution in [2.45, 2.75) is 0 Å². The molecule has 0 atom stereocenters. The van der Waals surface area contributed by atoms with E-state index in [-0.39, 0.29) is 26.2 Å². The van der Waals surface area contributed by atoms with E-state index in [1.54, 1.807) is 0 Å². The molecule has 0 spiro atoms. The number of rotatable bonds is 24. The highest BCUT2D eigenvalue weighted by Gasteiger charge is 2.19. The second-order valence-electron chi connectivity index (χ2n) is 9.15. The van der Waals surface area contributed by atoms with Gasteiger partial charge in [-0.05, 0) is 0 Å². The van der Waals surface area contributed by atoms with Gasteiger partial charge >= 0.3 is 47.8 Å². The van der Waals surface area contributed by atoms with Crippen LogP contribution in [-0.2, 0) is 38.4 Å². The van der Waals surface area contributed by atoms with E-state index >= 15 is 0 Å². The Hall–Kier alpha value is -4.56. The summed E-state index contributed by atoms with van der Waals surface area (Å²) in [4.78, 5) is 88.7. The van der Waals surface area contributed by atoms with Crippen LogP contribution in [0.25, 0.3) is 0 Å². The van der Waals surface area contributed by atoms with E-state index in [1.165, 1.54) is 0 Å². The monoisotopic (exact) mass is 704 g/mol. The third-order valence-electron chi connectivity index (χ3n) is 4.67. The highest BCUT2D eigenvalue weighted by Crippen LogP contribution is 1.95. The molecule has 0 aromatic rings. The van der Waals surface area contributed by atoms with Gasteiger partial charge in [-0.1, -0.05) is 0 Å². The molecule has 280 valence electrons. The van der Waals surface area contributed by atoms with Crippen molar-refractivity contribution in [1.82, 2.24) is 19.6 Å². The van der Waals surface area contributed by atoms with Crippen LogP contribution in [0.1, 0.15) is 0 Å². The van der Waals surface area contributed by atoms with Gasteiger partial charge in [0.25, 0.3) is 0 Å². The van der Waals surface area contributed by atoms with Gasteiger partial charge in [0.05, 0.1) is 52.4 Å². The maximum atomic E-state index is 10.6. The Bertz CT molecular complexity index is 772. The average Bonchev–Trinajstić information content (AvgIpc) is 2.92. The van der Waals surface area contributed by atoms with Crippen molar-refractivity contribution in [2.75, 3.05) is 105 Å². The summed E-state index contributed by atoms with van der Waals surface area (Å²) >= 11 is 0. The minimum Gasteiger partial charge on any atom is -0.480 e. The van der Waals surface area contributed by atoms with Crippen LogP contribution in [0.15, 0.2) is 0 Å². The lowest BCUT2D eigenvalue weighted by molar-refractivity contribution is -0.145. The van der Waals surface area contributed by atoms with Crippen molar-refractivity contribution >= 4 is 47.8 Å². The van der Waals surface area contributed by atoms with Gasteiger partial charge in [0.15, 0.2) is 0 Å². The molecule has 0 aromatic carbocycles. The van der Waals surface area contributed by atoms with Crippen molar-refractivity contribution in [3.8, 4) is 0 Å². The van der Waals surface area contributed by atoms with Crippen molar-refractivity contribution in [3.05, 3.63) is 0 Å². The van der Waals surface area contributed by atoms with Crippen LogP contribution >= 0.6 is 0 Å². The van der Waals surface area contributed by atoms with Gasteiger partial charge in [-0.3, -0.25) is 58.0 Å². The summed E-state index contributed by atoms with van der Waals surface area (Å²) in [6.45, 7) is -2.11. The van der Waals surface area contributed by atoms with Crippen molar-refractivity contribution in [1.29, 1.82) is 0 Å². The Balaban J connectivity index is -0.000000329. The fourth-order valence-corrected chi connectivity index (χ4v) is 2.95. The zero-order valence-corrected chi connectivity index (χ0v) is 26.3. The van der Waals surface area contributed by atoms with Gasteiger partial charge in [-0.15, -0.1) is 0 Å². The molecule has 0 heterocycles. The maximum absolute atomic E-state index is 10.6. The Morgan fingerprint density at radius 1 is 0.292 bits per heavy atom. The molecule has 0 rings (SSSR count). The van der Waals surface area contributed by atoms with E-state index in [9.17, 15) is 38.4 Å². The van der Waals surface area contributed by atoms with Crippen molar-refractivity contribution < 1.29 is 79.2 Å². The van der Waals surface area contributed by atoms with Gasteiger partial charge < -0.3 is 63.8 Å². The van der Waals surface area contributed by atoms with Gasteiger partial charge in [-0.25, -0.2) is 0 Å². The van der Waals surface area contributed by atoms with Gasteiger partial charge in [-0.2, -0.15) is 0 Å². The minimum absolute atomic E-state index is 0.0703. The van der Waals surface area contributed by atoms with E-state index in [1.807, 2.05) is 0 Å². The third kappa shape index (κ3) is 43.6. The predicted octanol–water partition coefficient (Wildman–Crippen LogP) is -6.33. The number of hydrogen-bond donors (Lipinski definition) is 12. The zero-order chi connectivity index (χ0) is 38.2. The molecule has 0 saturated heterocycles.